The molecular formula is C12H18ClN. The normalized spacial score (nSPS) is 8.93. The SMILES string of the molecule is C=CCc1c(Cl)ccc(C)c1C.CN. The molecule has 2 heteroatoms. The molecule has 0 aromatic heterocycles. The lowest BCUT2D eigenvalue weighted by Crippen LogP contribution is -1.91. The molecule has 14 heavy (non-hydrogen) atoms. The molecule has 0 aliphatic heterocycles. The van der Waals surface area contributed by atoms with Crippen LogP contribution < -0.4 is 5.73 Å². The summed E-state index contributed by atoms with van der Waals surface area (Å²) in [4.78, 5) is 0. The van der Waals surface area contributed by atoms with Gasteiger partial charge in [0.25, 0.3) is 0 Å². The van der Waals surface area contributed by atoms with E-state index in [0.29, 0.717) is 0 Å². The van der Waals surface area contributed by atoms with E-state index in [2.05, 4.69) is 26.2 Å². The van der Waals surface area contributed by atoms with Crippen molar-refractivity contribution in [3.8, 4) is 0 Å². The molecule has 0 saturated heterocycles. The minimum atomic E-state index is 0.845. The van der Waals surface area contributed by atoms with E-state index in [1.807, 2.05) is 18.2 Å². The van der Waals surface area contributed by atoms with Crippen LogP contribution in [0, 0.1) is 13.8 Å². The van der Waals surface area contributed by atoms with Crippen molar-refractivity contribution in [2.45, 2.75) is 20.3 Å². The summed E-state index contributed by atoms with van der Waals surface area (Å²) in [5.74, 6) is 0. The van der Waals surface area contributed by atoms with Crippen LogP contribution in [0.2, 0.25) is 5.02 Å². The van der Waals surface area contributed by atoms with E-state index in [0.717, 1.165) is 11.4 Å². The van der Waals surface area contributed by atoms with Gasteiger partial charge in [0.2, 0.25) is 0 Å². The topological polar surface area (TPSA) is 26.0 Å². The third-order valence-corrected chi connectivity index (χ3v) is 2.51. The van der Waals surface area contributed by atoms with Gasteiger partial charge < -0.3 is 5.73 Å². The first-order chi connectivity index (χ1) is 6.66. The maximum Gasteiger partial charge on any atom is 0.0443 e. The van der Waals surface area contributed by atoms with Gasteiger partial charge in [-0.3, -0.25) is 0 Å². The van der Waals surface area contributed by atoms with Gasteiger partial charge in [0.1, 0.15) is 0 Å². The second-order valence-electron chi connectivity index (χ2n) is 2.96. The fourth-order valence-electron chi connectivity index (χ4n) is 1.24. The zero-order chi connectivity index (χ0) is 11.1. The van der Waals surface area contributed by atoms with E-state index >= 15 is 0 Å². The molecule has 0 unspecified atom stereocenters. The Labute approximate surface area is 91.6 Å². The molecule has 1 nitrogen and oxygen atoms in total. The largest absolute Gasteiger partial charge is 0.333 e. The van der Waals surface area contributed by atoms with Crippen molar-refractivity contribution >= 4 is 11.6 Å². The Morgan fingerprint density at radius 2 is 1.93 bits per heavy atom. The van der Waals surface area contributed by atoms with Gasteiger partial charge in [-0.25, -0.2) is 0 Å². The van der Waals surface area contributed by atoms with E-state index in [9.17, 15) is 0 Å². The molecule has 0 heterocycles. The number of allylic oxidation sites excluding steroid dienone is 1. The number of benzene rings is 1. The Balaban J connectivity index is 0.000000791. The van der Waals surface area contributed by atoms with Crippen molar-refractivity contribution in [2.75, 3.05) is 7.05 Å². The quantitative estimate of drug-likeness (QED) is 0.747. The second-order valence-corrected chi connectivity index (χ2v) is 3.37. The Morgan fingerprint density at radius 3 is 2.43 bits per heavy atom. The molecule has 0 saturated carbocycles. The molecular weight excluding hydrogens is 194 g/mol. The van der Waals surface area contributed by atoms with Gasteiger partial charge >= 0.3 is 0 Å². The molecule has 0 fully saturated rings. The number of hydrogen-bond donors (Lipinski definition) is 1. The van der Waals surface area contributed by atoms with Gasteiger partial charge in [-0.05, 0) is 50.1 Å². The molecule has 0 aliphatic rings. The standard InChI is InChI=1S/C11H13Cl.CH5N/c1-4-5-10-9(3)8(2)6-7-11(10)12;1-2/h4,6-7H,1,5H2,2-3H3;2H2,1H3. The number of rotatable bonds is 2. The van der Waals surface area contributed by atoms with Crippen LogP contribution in [-0.4, -0.2) is 7.05 Å². The third kappa shape index (κ3) is 3.17. The van der Waals surface area contributed by atoms with E-state index in [1.165, 1.54) is 23.7 Å². The van der Waals surface area contributed by atoms with Crippen molar-refractivity contribution in [1.29, 1.82) is 0 Å². The minimum Gasteiger partial charge on any atom is -0.333 e. The van der Waals surface area contributed by atoms with Gasteiger partial charge in [-0.2, -0.15) is 0 Å². The van der Waals surface area contributed by atoms with Crippen LogP contribution in [0.3, 0.4) is 0 Å². The summed E-state index contributed by atoms with van der Waals surface area (Å²) in [7, 11) is 1.50. The van der Waals surface area contributed by atoms with Gasteiger partial charge in [0.05, 0.1) is 0 Å². The minimum absolute atomic E-state index is 0.845. The summed E-state index contributed by atoms with van der Waals surface area (Å²) in [6.45, 7) is 7.90. The summed E-state index contributed by atoms with van der Waals surface area (Å²) in [6.07, 6.45) is 2.74. The van der Waals surface area contributed by atoms with Gasteiger partial charge in [-0.15, -0.1) is 6.58 Å². The molecule has 0 amide bonds. The molecule has 0 radical (unpaired) electrons. The zero-order valence-electron chi connectivity index (χ0n) is 9.10. The molecule has 0 bridgehead atoms. The fraction of sp³-hybridized carbons (Fsp3) is 0.333. The highest BCUT2D eigenvalue weighted by Gasteiger charge is 2.03. The molecule has 2 N–H and O–H groups in total. The van der Waals surface area contributed by atoms with Crippen LogP contribution in [0.15, 0.2) is 24.8 Å². The Morgan fingerprint density at radius 1 is 1.36 bits per heavy atom. The van der Waals surface area contributed by atoms with Gasteiger partial charge in [0.15, 0.2) is 0 Å². The van der Waals surface area contributed by atoms with Crippen molar-refractivity contribution < 1.29 is 0 Å². The maximum absolute atomic E-state index is 6.03. The van der Waals surface area contributed by atoms with E-state index in [4.69, 9.17) is 11.6 Å². The summed E-state index contributed by atoms with van der Waals surface area (Å²) >= 11 is 6.03. The summed E-state index contributed by atoms with van der Waals surface area (Å²) < 4.78 is 0. The van der Waals surface area contributed by atoms with Crippen molar-refractivity contribution in [3.63, 3.8) is 0 Å². The predicted molar refractivity (Wildman–Crippen MR) is 64.9 cm³/mol. The van der Waals surface area contributed by atoms with Crippen LogP contribution >= 0.6 is 11.6 Å². The lowest BCUT2D eigenvalue weighted by molar-refractivity contribution is 1.18. The van der Waals surface area contributed by atoms with Crippen LogP contribution in [0.5, 0.6) is 0 Å². The average Bonchev–Trinajstić information content (AvgIpc) is 2.22. The summed E-state index contributed by atoms with van der Waals surface area (Å²) in [6, 6.07) is 3.99. The Bertz CT molecular complexity index is 305. The third-order valence-electron chi connectivity index (χ3n) is 2.16. The summed E-state index contributed by atoms with van der Waals surface area (Å²) in [5, 5.41) is 0.845. The second kappa shape index (κ2) is 6.63. The van der Waals surface area contributed by atoms with Crippen LogP contribution in [-0.2, 0) is 6.42 Å². The molecule has 1 aromatic rings. The van der Waals surface area contributed by atoms with Gasteiger partial charge in [0, 0.05) is 5.02 Å². The highest BCUT2D eigenvalue weighted by Crippen LogP contribution is 2.23. The summed E-state index contributed by atoms with van der Waals surface area (Å²) in [5.41, 5.74) is 8.27. The molecule has 1 rings (SSSR count). The fourth-order valence-corrected chi connectivity index (χ4v) is 1.52. The van der Waals surface area contributed by atoms with E-state index in [1.54, 1.807) is 0 Å². The smallest absolute Gasteiger partial charge is 0.0443 e. The molecule has 0 atom stereocenters. The first kappa shape index (κ1) is 13.2. The number of hydrogen-bond acceptors (Lipinski definition) is 1. The molecule has 0 aliphatic carbocycles. The highest BCUT2D eigenvalue weighted by molar-refractivity contribution is 6.31. The van der Waals surface area contributed by atoms with Crippen LogP contribution in [0.1, 0.15) is 16.7 Å². The monoisotopic (exact) mass is 211 g/mol. The number of nitrogens with two attached hydrogens (primary N) is 1. The van der Waals surface area contributed by atoms with Crippen LogP contribution in [0.4, 0.5) is 0 Å². The molecule has 78 valence electrons. The van der Waals surface area contributed by atoms with Gasteiger partial charge in [-0.1, -0.05) is 23.7 Å². The Hall–Kier alpha value is -0.790. The van der Waals surface area contributed by atoms with Crippen molar-refractivity contribution in [2.24, 2.45) is 5.73 Å². The van der Waals surface area contributed by atoms with Crippen LogP contribution in [0.25, 0.3) is 0 Å². The molecule has 0 spiro atoms. The predicted octanol–water partition coefficient (Wildman–Crippen LogP) is 3.26. The Kier molecular flexibility index (Phi) is 6.26. The first-order valence-corrected chi connectivity index (χ1v) is 4.98. The van der Waals surface area contributed by atoms with E-state index in [-0.39, 0.29) is 0 Å². The molecule has 1 aromatic carbocycles. The number of aryl methyl sites for hydroxylation is 1. The maximum atomic E-state index is 6.03. The highest BCUT2D eigenvalue weighted by atomic mass is 35.5. The van der Waals surface area contributed by atoms with Crippen molar-refractivity contribution in [1.82, 2.24) is 0 Å². The van der Waals surface area contributed by atoms with Crippen molar-refractivity contribution in [3.05, 3.63) is 46.5 Å². The lowest BCUT2D eigenvalue weighted by atomic mass is 10.0. The lowest BCUT2D eigenvalue weighted by Gasteiger charge is -2.08. The zero-order valence-corrected chi connectivity index (χ0v) is 9.86. The average molecular weight is 212 g/mol. The number of halogens is 1. The van der Waals surface area contributed by atoms with E-state index < -0.39 is 0 Å². The first-order valence-electron chi connectivity index (χ1n) is 4.60.